The average molecular weight is 478 g/mol. The summed E-state index contributed by atoms with van der Waals surface area (Å²) in [5.41, 5.74) is 4.96. The quantitative estimate of drug-likeness (QED) is 0.530. The molecule has 0 saturated carbocycles. The Morgan fingerprint density at radius 1 is 0.912 bits per heavy atom. The van der Waals surface area contributed by atoms with E-state index < -0.39 is 10.0 Å². The third-order valence-corrected chi connectivity index (χ3v) is 8.05. The molecule has 1 fully saturated rings. The summed E-state index contributed by atoms with van der Waals surface area (Å²) in [5, 5.41) is 2.96. The Bertz CT molecular complexity index is 1230. The van der Waals surface area contributed by atoms with E-state index in [9.17, 15) is 13.2 Å². The van der Waals surface area contributed by atoms with E-state index in [1.807, 2.05) is 18.2 Å². The average Bonchev–Trinajstić information content (AvgIpc) is 3.36. The Balaban J connectivity index is 1.43. The van der Waals surface area contributed by atoms with Crippen LogP contribution in [-0.4, -0.2) is 50.7 Å². The monoisotopic (exact) mass is 477 g/mol. The van der Waals surface area contributed by atoms with Crippen molar-refractivity contribution in [1.82, 2.24) is 14.5 Å². The molecule has 0 aliphatic carbocycles. The molecule has 3 aromatic carbocycles. The van der Waals surface area contributed by atoms with Gasteiger partial charge in [-0.2, -0.15) is 0 Å². The molecule has 0 radical (unpaired) electrons. The van der Waals surface area contributed by atoms with E-state index in [0.29, 0.717) is 12.1 Å². The highest BCUT2D eigenvalue weighted by molar-refractivity contribution is 7.89. The summed E-state index contributed by atoms with van der Waals surface area (Å²) in [4.78, 5) is 15.3. The van der Waals surface area contributed by atoms with Gasteiger partial charge in [0.2, 0.25) is 10.0 Å². The molecule has 34 heavy (non-hydrogen) atoms. The van der Waals surface area contributed by atoms with E-state index in [0.717, 1.165) is 27.5 Å². The lowest BCUT2D eigenvalue weighted by atomic mass is 9.98. The topological polar surface area (TPSA) is 69.7 Å². The van der Waals surface area contributed by atoms with Crippen LogP contribution in [0.5, 0.6) is 0 Å². The number of likely N-dealkylation sites (tertiary alicyclic amines) is 1. The molecule has 1 amide bonds. The number of nitrogens with one attached hydrogen (secondary N) is 1. The zero-order valence-corrected chi connectivity index (χ0v) is 20.5. The SMILES string of the molecule is CN(C)S(=O)(=O)c1ccc(C(=O)NCc2ccccc2-c2ccc(CN3CCCC3)cc2)cc1. The zero-order chi connectivity index (χ0) is 24.1. The van der Waals surface area contributed by atoms with Gasteiger partial charge in [-0.3, -0.25) is 9.69 Å². The van der Waals surface area contributed by atoms with Gasteiger partial charge in [0.1, 0.15) is 0 Å². The Morgan fingerprint density at radius 3 is 2.21 bits per heavy atom. The summed E-state index contributed by atoms with van der Waals surface area (Å²) < 4.78 is 25.6. The predicted molar refractivity (Wildman–Crippen MR) is 135 cm³/mol. The highest BCUT2D eigenvalue weighted by Gasteiger charge is 2.18. The first-order valence-electron chi connectivity index (χ1n) is 11.5. The highest BCUT2D eigenvalue weighted by Crippen LogP contribution is 2.25. The van der Waals surface area contributed by atoms with Crippen LogP contribution in [0.15, 0.2) is 77.7 Å². The van der Waals surface area contributed by atoms with E-state index in [1.165, 1.54) is 69.9 Å². The molecule has 1 saturated heterocycles. The number of hydrogen-bond donors (Lipinski definition) is 1. The van der Waals surface area contributed by atoms with Gasteiger partial charge in [-0.1, -0.05) is 48.5 Å². The van der Waals surface area contributed by atoms with Gasteiger partial charge in [-0.05, 0) is 72.5 Å². The maximum atomic E-state index is 12.7. The molecule has 1 aliphatic heterocycles. The van der Waals surface area contributed by atoms with Crippen LogP contribution in [-0.2, 0) is 23.1 Å². The number of carbonyl (C=O) groups excluding carboxylic acids is 1. The Hall–Kier alpha value is -3.00. The molecule has 1 aliphatic rings. The molecule has 7 heteroatoms. The summed E-state index contributed by atoms with van der Waals surface area (Å²) in [5.74, 6) is -0.246. The van der Waals surface area contributed by atoms with Crippen molar-refractivity contribution in [3.05, 3.63) is 89.5 Å². The van der Waals surface area contributed by atoms with E-state index >= 15 is 0 Å². The summed E-state index contributed by atoms with van der Waals surface area (Å²) in [6.45, 7) is 3.73. The van der Waals surface area contributed by atoms with Gasteiger partial charge in [0, 0.05) is 32.7 Å². The van der Waals surface area contributed by atoms with Crippen molar-refractivity contribution in [2.45, 2.75) is 30.8 Å². The third-order valence-electron chi connectivity index (χ3n) is 6.22. The third kappa shape index (κ3) is 5.55. The second-order valence-corrected chi connectivity index (χ2v) is 11.0. The van der Waals surface area contributed by atoms with Crippen molar-refractivity contribution in [3.8, 4) is 11.1 Å². The maximum absolute atomic E-state index is 12.7. The first kappa shape index (κ1) is 24.1. The van der Waals surface area contributed by atoms with Crippen molar-refractivity contribution in [2.75, 3.05) is 27.2 Å². The number of benzene rings is 3. The molecule has 178 valence electrons. The van der Waals surface area contributed by atoms with Crippen LogP contribution in [0.3, 0.4) is 0 Å². The minimum absolute atomic E-state index is 0.160. The molecule has 6 nitrogen and oxygen atoms in total. The molecule has 0 unspecified atom stereocenters. The molecule has 1 N–H and O–H groups in total. The number of rotatable bonds is 8. The van der Waals surface area contributed by atoms with Crippen LogP contribution in [0.1, 0.15) is 34.3 Å². The summed E-state index contributed by atoms with van der Waals surface area (Å²) in [7, 11) is -0.561. The first-order valence-corrected chi connectivity index (χ1v) is 13.0. The largest absolute Gasteiger partial charge is 0.348 e. The molecule has 0 atom stereocenters. The van der Waals surface area contributed by atoms with Crippen LogP contribution >= 0.6 is 0 Å². The molecule has 0 aromatic heterocycles. The van der Waals surface area contributed by atoms with Crippen molar-refractivity contribution in [1.29, 1.82) is 0 Å². The van der Waals surface area contributed by atoms with Gasteiger partial charge in [-0.15, -0.1) is 0 Å². The molecule has 4 rings (SSSR count). The molecule has 1 heterocycles. The molecular formula is C27H31N3O3S. The van der Waals surface area contributed by atoms with Crippen molar-refractivity contribution in [2.24, 2.45) is 0 Å². The van der Waals surface area contributed by atoms with Gasteiger partial charge < -0.3 is 5.32 Å². The normalized spacial score (nSPS) is 14.4. The Morgan fingerprint density at radius 2 is 1.56 bits per heavy atom. The lowest BCUT2D eigenvalue weighted by Crippen LogP contribution is -2.24. The van der Waals surface area contributed by atoms with Gasteiger partial charge in [0.05, 0.1) is 4.90 Å². The molecule has 0 spiro atoms. The van der Waals surface area contributed by atoms with Crippen molar-refractivity contribution in [3.63, 3.8) is 0 Å². The maximum Gasteiger partial charge on any atom is 0.251 e. The van der Waals surface area contributed by atoms with Crippen LogP contribution in [0.2, 0.25) is 0 Å². The second kappa shape index (κ2) is 10.5. The number of sulfonamides is 1. The summed E-state index contributed by atoms with van der Waals surface area (Å²) >= 11 is 0. The second-order valence-electron chi connectivity index (χ2n) is 8.83. The van der Waals surface area contributed by atoms with Crippen molar-refractivity contribution >= 4 is 15.9 Å². The summed E-state index contributed by atoms with van der Waals surface area (Å²) in [6, 6.07) is 22.7. The minimum Gasteiger partial charge on any atom is -0.348 e. The zero-order valence-electron chi connectivity index (χ0n) is 19.7. The number of nitrogens with zero attached hydrogens (tertiary/aromatic N) is 2. The number of hydrogen-bond acceptors (Lipinski definition) is 4. The van der Waals surface area contributed by atoms with Crippen LogP contribution in [0.25, 0.3) is 11.1 Å². The molecule has 3 aromatic rings. The van der Waals surface area contributed by atoms with Gasteiger partial charge >= 0.3 is 0 Å². The lowest BCUT2D eigenvalue weighted by molar-refractivity contribution is 0.0951. The fraction of sp³-hybridized carbons (Fsp3) is 0.296. The van der Waals surface area contributed by atoms with E-state index in [4.69, 9.17) is 0 Å². The summed E-state index contributed by atoms with van der Waals surface area (Å²) in [6.07, 6.45) is 2.58. The minimum atomic E-state index is -3.52. The van der Waals surface area contributed by atoms with E-state index in [-0.39, 0.29) is 10.8 Å². The van der Waals surface area contributed by atoms with Crippen LogP contribution in [0, 0.1) is 0 Å². The molecular weight excluding hydrogens is 446 g/mol. The fourth-order valence-corrected chi connectivity index (χ4v) is 5.11. The number of carbonyl (C=O) groups is 1. The van der Waals surface area contributed by atoms with Crippen LogP contribution in [0.4, 0.5) is 0 Å². The highest BCUT2D eigenvalue weighted by atomic mass is 32.2. The first-order chi connectivity index (χ1) is 16.3. The Labute approximate surface area is 202 Å². The lowest BCUT2D eigenvalue weighted by Gasteiger charge is -2.15. The number of amides is 1. The Kier molecular flexibility index (Phi) is 7.46. The van der Waals surface area contributed by atoms with Gasteiger partial charge in [-0.25, -0.2) is 12.7 Å². The predicted octanol–water partition coefficient (Wildman–Crippen LogP) is 4.13. The van der Waals surface area contributed by atoms with Gasteiger partial charge in [0.15, 0.2) is 0 Å². The smallest absolute Gasteiger partial charge is 0.251 e. The molecule has 0 bridgehead atoms. The standard InChI is InChI=1S/C27H31N3O3S/c1-29(2)34(32,33)25-15-13-23(14-16-25)27(31)28-19-24-7-3-4-8-26(24)22-11-9-21(10-12-22)20-30-17-5-6-18-30/h3-4,7-16H,5-6,17-20H2,1-2H3,(H,28,31). The van der Waals surface area contributed by atoms with E-state index in [1.54, 1.807) is 0 Å². The fourth-order valence-electron chi connectivity index (χ4n) is 4.21. The van der Waals surface area contributed by atoms with E-state index in [2.05, 4.69) is 40.5 Å². The van der Waals surface area contributed by atoms with Crippen molar-refractivity contribution < 1.29 is 13.2 Å². The van der Waals surface area contributed by atoms with Crippen LogP contribution < -0.4 is 5.32 Å². The van der Waals surface area contributed by atoms with Gasteiger partial charge in [0.25, 0.3) is 5.91 Å².